The normalized spacial score (nSPS) is 19.9. The summed E-state index contributed by atoms with van der Waals surface area (Å²) in [6, 6.07) is 8.04. The average molecular weight is 298 g/mol. The zero-order chi connectivity index (χ0) is 14.6. The number of piperazine rings is 1. The van der Waals surface area contributed by atoms with Gasteiger partial charge in [0.25, 0.3) is 0 Å². The maximum atomic E-state index is 6.06. The van der Waals surface area contributed by atoms with Crippen LogP contribution in [-0.4, -0.2) is 56.9 Å². The number of hydrogen-bond acceptors (Lipinski definition) is 4. The third-order valence-corrected chi connectivity index (χ3v) is 4.35. The van der Waals surface area contributed by atoms with Crippen molar-refractivity contribution in [2.75, 3.05) is 51.3 Å². The molecular formula is C15H24ClN3O. The van der Waals surface area contributed by atoms with E-state index in [0.717, 1.165) is 31.2 Å². The third-order valence-electron chi connectivity index (χ3n) is 4.11. The lowest BCUT2D eigenvalue weighted by Crippen LogP contribution is -2.60. The van der Waals surface area contributed by atoms with Gasteiger partial charge in [0.2, 0.25) is 0 Å². The molecule has 0 aliphatic carbocycles. The molecule has 2 N–H and O–H groups in total. The van der Waals surface area contributed by atoms with Crippen LogP contribution in [0.25, 0.3) is 0 Å². The van der Waals surface area contributed by atoms with E-state index in [0.29, 0.717) is 13.2 Å². The molecule has 1 saturated heterocycles. The molecule has 2 rings (SSSR count). The third kappa shape index (κ3) is 3.44. The van der Waals surface area contributed by atoms with Crippen molar-refractivity contribution in [2.45, 2.75) is 12.5 Å². The van der Waals surface area contributed by atoms with Crippen molar-refractivity contribution in [1.29, 1.82) is 0 Å². The Kier molecular flexibility index (Phi) is 5.27. The highest BCUT2D eigenvalue weighted by molar-refractivity contribution is 6.30. The molecule has 112 valence electrons. The second-order valence-electron chi connectivity index (χ2n) is 5.59. The standard InChI is InChI=1S/C15H24ClN3O/c1-15(11-17,12-20-2)19-8-6-18(7-9-19)14-5-3-4-13(16)10-14/h3-5,10H,6-9,11-12,17H2,1-2H3. The minimum atomic E-state index is -0.0742. The quantitative estimate of drug-likeness (QED) is 0.900. The van der Waals surface area contributed by atoms with Crippen LogP contribution in [0.2, 0.25) is 5.02 Å². The lowest BCUT2D eigenvalue weighted by Gasteiger charge is -2.45. The van der Waals surface area contributed by atoms with Gasteiger partial charge < -0.3 is 15.4 Å². The van der Waals surface area contributed by atoms with E-state index in [1.165, 1.54) is 5.69 Å². The first-order chi connectivity index (χ1) is 9.59. The lowest BCUT2D eigenvalue weighted by molar-refractivity contribution is 0.0236. The Labute approximate surface area is 126 Å². The molecule has 5 heteroatoms. The fraction of sp³-hybridized carbons (Fsp3) is 0.600. The number of ether oxygens (including phenoxy) is 1. The van der Waals surface area contributed by atoms with Crippen molar-refractivity contribution in [3.8, 4) is 0 Å². The molecule has 0 aromatic heterocycles. The monoisotopic (exact) mass is 297 g/mol. The number of rotatable bonds is 5. The van der Waals surface area contributed by atoms with Crippen molar-refractivity contribution in [3.63, 3.8) is 0 Å². The molecule has 1 aliphatic rings. The van der Waals surface area contributed by atoms with Crippen LogP contribution in [0.3, 0.4) is 0 Å². The second-order valence-corrected chi connectivity index (χ2v) is 6.02. The van der Waals surface area contributed by atoms with Crippen LogP contribution in [0.5, 0.6) is 0 Å². The van der Waals surface area contributed by atoms with E-state index >= 15 is 0 Å². The van der Waals surface area contributed by atoms with Crippen LogP contribution in [0.15, 0.2) is 24.3 Å². The SMILES string of the molecule is COCC(C)(CN)N1CCN(c2cccc(Cl)c2)CC1. The number of nitrogens with zero attached hydrogens (tertiary/aromatic N) is 2. The first-order valence-corrected chi connectivity index (χ1v) is 7.41. The van der Waals surface area contributed by atoms with Crippen LogP contribution in [0.4, 0.5) is 5.69 Å². The van der Waals surface area contributed by atoms with Crippen molar-refractivity contribution >= 4 is 17.3 Å². The Bertz CT molecular complexity index is 435. The Morgan fingerprint density at radius 3 is 2.55 bits per heavy atom. The summed E-state index contributed by atoms with van der Waals surface area (Å²) in [5.74, 6) is 0. The summed E-state index contributed by atoms with van der Waals surface area (Å²) in [4.78, 5) is 4.80. The molecule has 0 radical (unpaired) electrons. The van der Waals surface area contributed by atoms with Crippen LogP contribution in [0, 0.1) is 0 Å². The number of anilines is 1. The number of nitrogens with two attached hydrogens (primary N) is 1. The van der Waals surface area contributed by atoms with Gasteiger partial charge in [-0.15, -0.1) is 0 Å². The van der Waals surface area contributed by atoms with E-state index in [9.17, 15) is 0 Å². The fourth-order valence-corrected chi connectivity index (χ4v) is 2.95. The summed E-state index contributed by atoms with van der Waals surface area (Å²) in [6.45, 7) is 7.40. The van der Waals surface area contributed by atoms with Gasteiger partial charge in [-0.3, -0.25) is 4.90 Å². The van der Waals surface area contributed by atoms with Crippen molar-refractivity contribution in [2.24, 2.45) is 5.73 Å². The Balaban J connectivity index is 1.98. The van der Waals surface area contributed by atoms with Gasteiger partial charge in [0, 0.05) is 50.5 Å². The molecule has 4 nitrogen and oxygen atoms in total. The summed E-state index contributed by atoms with van der Waals surface area (Å²) in [5.41, 5.74) is 7.06. The van der Waals surface area contributed by atoms with E-state index in [1.54, 1.807) is 7.11 Å². The van der Waals surface area contributed by atoms with Crippen molar-refractivity contribution < 1.29 is 4.74 Å². The molecule has 1 heterocycles. The maximum absolute atomic E-state index is 6.06. The zero-order valence-electron chi connectivity index (χ0n) is 12.3. The van der Waals surface area contributed by atoms with Crippen LogP contribution < -0.4 is 10.6 Å². The summed E-state index contributed by atoms with van der Waals surface area (Å²) in [6.07, 6.45) is 0. The molecule has 1 aromatic carbocycles. The summed E-state index contributed by atoms with van der Waals surface area (Å²) in [5, 5.41) is 0.788. The zero-order valence-corrected chi connectivity index (χ0v) is 13.1. The van der Waals surface area contributed by atoms with E-state index in [-0.39, 0.29) is 5.54 Å². The van der Waals surface area contributed by atoms with Crippen molar-refractivity contribution in [3.05, 3.63) is 29.3 Å². The molecule has 20 heavy (non-hydrogen) atoms. The van der Waals surface area contributed by atoms with Gasteiger partial charge in [-0.1, -0.05) is 17.7 Å². The molecule has 1 aliphatic heterocycles. The van der Waals surface area contributed by atoms with Crippen LogP contribution in [0.1, 0.15) is 6.92 Å². The van der Waals surface area contributed by atoms with Gasteiger partial charge in [-0.05, 0) is 25.1 Å². The topological polar surface area (TPSA) is 41.7 Å². The minimum absolute atomic E-state index is 0.0742. The molecule has 1 atom stereocenters. The number of methoxy groups -OCH3 is 1. The highest BCUT2D eigenvalue weighted by atomic mass is 35.5. The first kappa shape index (κ1) is 15.6. The van der Waals surface area contributed by atoms with Crippen LogP contribution >= 0.6 is 11.6 Å². The maximum Gasteiger partial charge on any atom is 0.0656 e. The van der Waals surface area contributed by atoms with E-state index < -0.39 is 0 Å². The molecule has 0 bridgehead atoms. The highest BCUT2D eigenvalue weighted by Gasteiger charge is 2.33. The predicted octanol–water partition coefficient (Wildman–Crippen LogP) is 1.83. The fourth-order valence-electron chi connectivity index (χ4n) is 2.77. The Morgan fingerprint density at radius 2 is 2.00 bits per heavy atom. The van der Waals surface area contributed by atoms with Crippen LogP contribution in [-0.2, 0) is 4.74 Å². The predicted molar refractivity (Wildman–Crippen MR) is 84.6 cm³/mol. The van der Waals surface area contributed by atoms with E-state index in [4.69, 9.17) is 22.1 Å². The van der Waals surface area contributed by atoms with E-state index in [2.05, 4.69) is 22.8 Å². The first-order valence-electron chi connectivity index (χ1n) is 7.03. The lowest BCUT2D eigenvalue weighted by atomic mass is 10.00. The van der Waals surface area contributed by atoms with E-state index in [1.807, 2.05) is 18.2 Å². The highest BCUT2D eigenvalue weighted by Crippen LogP contribution is 2.23. The molecule has 1 aromatic rings. The molecule has 0 saturated carbocycles. The summed E-state index contributed by atoms with van der Waals surface area (Å²) in [7, 11) is 1.73. The van der Waals surface area contributed by atoms with Crippen molar-refractivity contribution in [1.82, 2.24) is 4.90 Å². The van der Waals surface area contributed by atoms with Gasteiger partial charge >= 0.3 is 0 Å². The van der Waals surface area contributed by atoms with Gasteiger partial charge in [-0.25, -0.2) is 0 Å². The van der Waals surface area contributed by atoms with Gasteiger partial charge in [0.15, 0.2) is 0 Å². The molecular weight excluding hydrogens is 274 g/mol. The summed E-state index contributed by atoms with van der Waals surface area (Å²) < 4.78 is 5.33. The van der Waals surface area contributed by atoms with Gasteiger partial charge in [0.05, 0.1) is 12.1 Å². The molecule has 0 spiro atoms. The molecule has 0 amide bonds. The largest absolute Gasteiger partial charge is 0.383 e. The Morgan fingerprint density at radius 1 is 1.30 bits per heavy atom. The number of benzene rings is 1. The average Bonchev–Trinajstić information content (AvgIpc) is 2.47. The number of hydrogen-bond donors (Lipinski definition) is 1. The molecule has 1 unspecified atom stereocenters. The molecule has 1 fully saturated rings. The van der Waals surface area contributed by atoms with Gasteiger partial charge in [-0.2, -0.15) is 0 Å². The Hall–Kier alpha value is -0.810. The smallest absolute Gasteiger partial charge is 0.0656 e. The minimum Gasteiger partial charge on any atom is -0.383 e. The number of halogens is 1. The second kappa shape index (κ2) is 6.76. The van der Waals surface area contributed by atoms with Gasteiger partial charge in [0.1, 0.15) is 0 Å². The summed E-state index contributed by atoms with van der Waals surface area (Å²) >= 11 is 6.06.